The van der Waals surface area contributed by atoms with Crippen LogP contribution in [0.1, 0.15) is 13.7 Å². The van der Waals surface area contributed by atoms with Gasteiger partial charge in [-0.15, -0.1) is 0 Å². The average Bonchev–Trinajstić information content (AvgIpc) is 3.48. The van der Waals surface area contributed by atoms with Gasteiger partial charge >= 0.3 is 0 Å². The number of hydrogen-bond acceptors (Lipinski definition) is 1. The van der Waals surface area contributed by atoms with Crippen LogP contribution in [-0.2, 0) is 0 Å². The zero-order valence-corrected chi connectivity index (χ0v) is 22.0. The van der Waals surface area contributed by atoms with Crippen molar-refractivity contribution >= 4 is 32.6 Å². The van der Waals surface area contributed by atoms with Gasteiger partial charge in [0.15, 0.2) is 0 Å². The molecule has 0 N–H and O–H groups in total. The summed E-state index contributed by atoms with van der Waals surface area (Å²) in [6.07, 6.45) is 0. The van der Waals surface area contributed by atoms with Crippen LogP contribution < -0.4 is 4.74 Å². The predicted octanol–water partition coefficient (Wildman–Crippen LogP) is 11.0. The van der Waals surface area contributed by atoms with E-state index < -0.39 is 24.2 Å². The molecule has 0 saturated carbocycles. The highest BCUT2D eigenvalue weighted by atomic mass is 16.5. The van der Waals surface area contributed by atoms with Crippen molar-refractivity contribution in [3.8, 4) is 50.6 Å². The summed E-state index contributed by atoms with van der Waals surface area (Å²) >= 11 is 0. The molecular weight excluding hydrogens is 510 g/mol. The average molecular weight is 546 g/mol. The first-order valence-electron chi connectivity index (χ1n) is 18.5. The summed E-state index contributed by atoms with van der Waals surface area (Å²) in [6.45, 7) is 0. The summed E-state index contributed by atoms with van der Waals surface area (Å²) < 4.78 is 95.7. The Balaban J connectivity index is 1.28. The number of aromatic nitrogens is 1. The van der Waals surface area contributed by atoms with Crippen molar-refractivity contribution in [3.05, 3.63) is 151 Å². The highest BCUT2D eigenvalue weighted by Crippen LogP contribution is 2.47. The molecule has 2 heterocycles. The Morgan fingerprint density at radius 3 is 2.12 bits per heavy atom. The molecule has 9 rings (SSSR count). The monoisotopic (exact) mass is 545 g/mol. The van der Waals surface area contributed by atoms with Gasteiger partial charge in [0.25, 0.3) is 0 Å². The van der Waals surface area contributed by atoms with E-state index in [1.165, 1.54) is 0 Å². The van der Waals surface area contributed by atoms with E-state index in [2.05, 4.69) is 4.57 Å². The first-order valence-corrected chi connectivity index (χ1v) is 13.5. The van der Waals surface area contributed by atoms with Crippen LogP contribution in [0.2, 0.25) is 0 Å². The number of para-hydroxylation sites is 2. The molecule has 0 atom stereocenters. The maximum absolute atomic E-state index is 9.44. The summed E-state index contributed by atoms with van der Waals surface area (Å²) in [5.41, 5.74) is 4.50. The fourth-order valence-electron chi connectivity index (χ4n) is 5.91. The van der Waals surface area contributed by atoms with Crippen molar-refractivity contribution < 1.29 is 18.4 Å². The second-order valence-corrected chi connectivity index (χ2v) is 10.2. The van der Waals surface area contributed by atoms with E-state index in [0.29, 0.717) is 16.7 Å². The highest BCUT2D eigenvalue weighted by Gasteiger charge is 2.20. The summed E-state index contributed by atoms with van der Waals surface area (Å²) in [4.78, 5) is 0. The van der Waals surface area contributed by atoms with Crippen molar-refractivity contribution in [1.82, 2.24) is 4.57 Å². The largest absolute Gasteiger partial charge is 0.456 e. The van der Waals surface area contributed by atoms with Gasteiger partial charge < -0.3 is 9.30 Å². The van der Waals surface area contributed by atoms with E-state index in [0.717, 1.165) is 27.5 Å². The van der Waals surface area contributed by atoms with Crippen LogP contribution in [0.15, 0.2) is 151 Å². The Kier molecular flexibility index (Phi) is 3.29. The molecule has 0 aliphatic carbocycles. The first-order chi connectivity index (χ1) is 25.0. The van der Waals surface area contributed by atoms with Gasteiger partial charge in [0.2, 0.25) is 0 Å². The van der Waals surface area contributed by atoms with Crippen LogP contribution in [0.4, 0.5) is 0 Å². The lowest BCUT2D eigenvalue weighted by Crippen LogP contribution is -1.97. The standard InChI is InChI=1S/C40H25NO/c1-2-13-31(14-3-1)41-36-17-5-4-15-32(36)34-24-29(19-21-37(34)41)27-11-6-12-28(23-27)30-20-22-38-35(25-30)33-16-7-9-26-10-8-18-39(42-38)40(26)33/h1-25H/i6D,7D,8D,9D,10D,11D,12D,16D,18D,23D. The molecule has 0 amide bonds. The van der Waals surface area contributed by atoms with Gasteiger partial charge in [-0.2, -0.15) is 0 Å². The van der Waals surface area contributed by atoms with Crippen LogP contribution in [0.3, 0.4) is 0 Å². The van der Waals surface area contributed by atoms with E-state index in [9.17, 15) is 1.37 Å². The van der Waals surface area contributed by atoms with Crippen molar-refractivity contribution in [2.45, 2.75) is 0 Å². The predicted molar refractivity (Wildman–Crippen MR) is 175 cm³/mol. The second kappa shape index (κ2) is 8.95. The Bertz CT molecular complexity index is 2880. The van der Waals surface area contributed by atoms with Gasteiger partial charge in [-0.1, -0.05) is 96.9 Å². The fraction of sp³-hybridized carbons (Fsp3) is 0. The maximum atomic E-state index is 9.44. The van der Waals surface area contributed by atoms with Gasteiger partial charge in [0.1, 0.15) is 11.5 Å². The lowest BCUT2D eigenvalue weighted by atomic mass is 9.91. The molecule has 1 aliphatic rings. The molecule has 7 aromatic carbocycles. The minimum absolute atomic E-state index is 0.0660. The highest BCUT2D eigenvalue weighted by molar-refractivity contribution is 6.10. The number of rotatable bonds is 3. The Labute approximate surface area is 257 Å². The second-order valence-electron chi connectivity index (χ2n) is 10.2. The molecule has 0 unspecified atom stereocenters. The first kappa shape index (κ1) is 15.4. The SMILES string of the molecule is [2H]c1c([2H])c(-c2ccc3c(c2)-c2c([2H])c([2H])c([2H])c4c([2H])c([2H])c([2H])c(c24)O3)c([2H])c(-c2ccc3c(c2)c2ccccc2n3-c2ccccc2)c1[2H]. The van der Waals surface area contributed by atoms with Crippen molar-refractivity contribution in [2.75, 3.05) is 0 Å². The molecule has 8 aromatic rings. The van der Waals surface area contributed by atoms with Gasteiger partial charge in [0.05, 0.1) is 24.7 Å². The van der Waals surface area contributed by atoms with Crippen LogP contribution in [0.25, 0.3) is 71.6 Å². The van der Waals surface area contributed by atoms with E-state index in [1.807, 2.05) is 72.8 Å². The lowest BCUT2D eigenvalue weighted by Gasteiger charge is -2.22. The van der Waals surface area contributed by atoms with E-state index in [4.69, 9.17) is 17.1 Å². The molecule has 0 saturated heterocycles. The van der Waals surface area contributed by atoms with Crippen LogP contribution >= 0.6 is 0 Å². The summed E-state index contributed by atoms with van der Waals surface area (Å²) in [5, 5.41) is 1.93. The van der Waals surface area contributed by atoms with E-state index >= 15 is 0 Å². The minimum Gasteiger partial charge on any atom is -0.456 e. The third kappa shape index (κ3) is 3.45. The van der Waals surface area contributed by atoms with Crippen molar-refractivity contribution in [2.24, 2.45) is 0 Å². The molecule has 2 nitrogen and oxygen atoms in total. The van der Waals surface area contributed by atoms with Crippen molar-refractivity contribution in [3.63, 3.8) is 0 Å². The number of ether oxygens (including phenoxy) is 1. The zero-order valence-electron chi connectivity index (χ0n) is 32.0. The fourth-order valence-corrected chi connectivity index (χ4v) is 5.91. The van der Waals surface area contributed by atoms with Crippen molar-refractivity contribution in [1.29, 1.82) is 0 Å². The van der Waals surface area contributed by atoms with Gasteiger partial charge in [-0.3, -0.25) is 0 Å². The number of fused-ring (bicyclic) bond motifs is 5. The minimum atomic E-state index is -0.453. The van der Waals surface area contributed by atoms with Gasteiger partial charge in [-0.05, 0) is 87.8 Å². The van der Waals surface area contributed by atoms with Crippen LogP contribution in [0.5, 0.6) is 11.5 Å². The molecule has 0 radical (unpaired) electrons. The summed E-state index contributed by atoms with van der Waals surface area (Å²) in [6, 6.07) is 24.9. The zero-order chi connectivity index (χ0) is 36.3. The molecule has 0 fully saturated rings. The maximum Gasteiger partial charge on any atom is 0.135 e. The Morgan fingerprint density at radius 1 is 0.524 bits per heavy atom. The Hall–Kier alpha value is -5.60. The quantitative estimate of drug-likeness (QED) is 0.215. The van der Waals surface area contributed by atoms with Gasteiger partial charge in [0, 0.05) is 27.4 Å². The smallest absolute Gasteiger partial charge is 0.135 e. The molecule has 2 heteroatoms. The topological polar surface area (TPSA) is 14.2 Å². The van der Waals surface area contributed by atoms with Gasteiger partial charge in [-0.25, -0.2) is 0 Å². The number of benzene rings is 7. The molecule has 42 heavy (non-hydrogen) atoms. The number of hydrogen-bond donors (Lipinski definition) is 0. The molecule has 1 aromatic heterocycles. The third-order valence-electron chi connectivity index (χ3n) is 7.82. The van der Waals surface area contributed by atoms with E-state index in [1.54, 1.807) is 18.2 Å². The summed E-state index contributed by atoms with van der Waals surface area (Å²) in [7, 11) is 0. The van der Waals surface area contributed by atoms with Crippen LogP contribution in [0, 0.1) is 0 Å². The third-order valence-corrected chi connectivity index (χ3v) is 7.82. The molecule has 0 spiro atoms. The molecule has 0 bridgehead atoms. The molecule has 1 aliphatic heterocycles. The number of nitrogens with zero attached hydrogens (tertiary/aromatic N) is 1. The van der Waals surface area contributed by atoms with Crippen LogP contribution in [-0.4, -0.2) is 4.57 Å². The lowest BCUT2D eigenvalue weighted by molar-refractivity contribution is 0.487. The molecule has 196 valence electrons. The van der Waals surface area contributed by atoms with E-state index in [-0.39, 0.29) is 75.2 Å². The summed E-state index contributed by atoms with van der Waals surface area (Å²) in [5.74, 6) is 0.129. The normalized spacial score (nSPS) is 15.3. The Morgan fingerprint density at radius 2 is 1.24 bits per heavy atom. The molecular formula is C40H25NO.